The van der Waals surface area contributed by atoms with Gasteiger partial charge in [-0.25, -0.2) is 0 Å². The minimum Gasteiger partial charge on any atom is -0.496 e. The molecule has 0 heterocycles. The van der Waals surface area contributed by atoms with E-state index in [-0.39, 0.29) is 6.04 Å². The molecule has 0 bridgehead atoms. The third-order valence-corrected chi connectivity index (χ3v) is 3.68. The molecule has 2 nitrogen and oxygen atoms in total. The van der Waals surface area contributed by atoms with E-state index in [1.807, 2.05) is 6.07 Å². The average Bonchev–Trinajstić information content (AvgIpc) is 2.28. The summed E-state index contributed by atoms with van der Waals surface area (Å²) >= 11 is 3.49. The van der Waals surface area contributed by atoms with Gasteiger partial charge in [0.15, 0.2) is 0 Å². The molecular formula is C13H20BrNO. The van der Waals surface area contributed by atoms with Crippen LogP contribution < -0.4 is 10.5 Å². The molecule has 0 spiro atoms. The van der Waals surface area contributed by atoms with Gasteiger partial charge < -0.3 is 10.5 Å². The van der Waals surface area contributed by atoms with E-state index in [0.29, 0.717) is 5.92 Å². The number of rotatable bonds is 5. The van der Waals surface area contributed by atoms with Crippen molar-refractivity contribution in [1.82, 2.24) is 0 Å². The van der Waals surface area contributed by atoms with Gasteiger partial charge in [-0.05, 0) is 46.0 Å². The maximum atomic E-state index is 6.13. The molecule has 2 atom stereocenters. The maximum Gasteiger partial charge on any atom is 0.133 e. The number of ether oxygens (including phenoxy) is 1. The standard InChI is InChI=1S/C13H20BrNO/c1-4-9(2)12(15)8-10-5-6-13(16-3)11(14)7-10/h5-7,9,12H,4,8,15H2,1-3H3. The predicted octanol–water partition coefficient (Wildman–Crippen LogP) is 3.37. The highest BCUT2D eigenvalue weighted by molar-refractivity contribution is 9.10. The van der Waals surface area contributed by atoms with Crippen molar-refractivity contribution >= 4 is 15.9 Å². The summed E-state index contributed by atoms with van der Waals surface area (Å²) in [6.07, 6.45) is 2.04. The lowest BCUT2D eigenvalue weighted by molar-refractivity contribution is 0.411. The molecule has 2 unspecified atom stereocenters. The molecule has 1 aromatic carbocycles. The predicted molar refractivity (Wildman–Crippen MR) is 71.8 cm³/mol. The molecule has 0 amide bonds. The van der Waals surface area contributed by atoms with Crippen molar-refractivity contribution in [3.05, 3.63) is 28.2 Å². The third kappa shape index (κ3) is 3.49. The average molecular weight is 286 g/mol. The van der Waals surface area contributed by atoms with Gasteiger partial charge in [0.05, 0.1) is 11.6 Å². The Morgan fingerprint density at radius 2 is 2.12 bits per heavy atom. The van der Waals surface area contributed by atoms with Crippen LogP contribution in [-0.2, 0) is 6.42 Å². The van der Waals surface area contributed by atoms with Gasteiger partial charge in [0.2, 0.25) is 0 Å². The van der Waals surface area contributed by atoms with Gasteiger partial charge in [0.25, 0.3) is 0 Å². The van der Waals surface area contributed by atoms with Crippen molar-refractivity contribution in [2.45, 2.75) is 32.7 Å². The van der Waals surface area contributed by atoms with Crippen LogP contribution in [0.2, 0.25) is 0 Å². The zero-order valence-electron chi connectivity index (χ0n) is 10.2. The van der Waals surface area contributed by atoms with Crippen molar-refractivity contribution in [2.75, 3.05) is 7.11 Å². The van der Waals surface area contributed by atoms with E-state index in [2.05, 4.69) is 41.9 Å². The molecule has 90 valence electrons. The molecule has 1 rings (SSSR count). The van der Waals surface area contributed by atoms with Gasteiger partial charge in [0.1, 0.15) is 5.75 Å². The fraction of sp³-hybridized carbons (Fsp3) is 0.538. The SMILES string of the molecule is CCC(C)C(N)Cc1ccc(OC)c(Br)c1. The number of methoxy groups -OCH3 is 1. The van der Waals surface area contributed by atoms with Crippen LogP contribution in [0.5, 0.6) is 5.75 Å². The largest absolute Gasteiger partial charge is 0.496 e. The highest BCUT2D eigenvalue weighted by atomic mass is 79.9. The number of benzene rings is 1. The third-order valence-electron chi connectivity index (χ3n) is 3.06. The van der Waals surface area contributed by atoms with Crippen molar-refractivity contribution in [1.29, 1.82) is 0 Å². The van der Waals surface area contributed by atoms with Crippen LogP contribution in [-0.4, -0.2) is 13.2 Å². The van der Waals surface area contributed by atoms with E-state index in [9.17, 15) is 0 Å². The molecule has 0 aliphatic heterocycles. The molecule has 2 N–H and O–H groups in total. The molecule has 1 aromatic rings. The monoisotopic (exact) mass is 285 g/mol. The summed E-state index contributed by atoms with van der Waals surface area (Å²) in [5, 5.41) is 0. The van der Waals surface area contributed by atoms with E-state index < -0.39 is 0 Å². The van der Waals surface area contributed by atoms with Crippen LogP contribution in [0.15, 0.2) is 22.7 Å². The lowest BCUT2D eigenvalue weighted by Crippen LogP contribution is -2.30. The van der Waals surface area contributed by atoms with Crippen LogP contribution in [0.25, 0.3) is 0 Å². The molecule has 0 fully saturated rings. The summed E-state index contributed by atoms with van der Waals surface area (Å²) in [6, 6.07) is 6.36. The summed E-state index contributed by atoms with van der Waals surface area (Å²) in [4.78, 5) is 0. The van der Waals surface area contributed by atoms with Crippen molar-refractivity contribution in [3.8, 4) is 5.75 Å². The molecule has 3 heteroatoms. The fourth-order valence-corrected chi connectivity index (χ4v) is 2.20. The van der Waals surface area contributed by atoms with E-state index in [4.69, 9.17) is 10.5 Å². The van der Waals surface area contributed by atoms with Gasteiger partial charge in [-0.2, -0.15) is 0 Å². The lowest BCUT2D eigenvalue weighted by Gasteiger charge is -2.18. The van der Waals surface area contributed by atoms with E-state index in [1.165, 1.54) is 5.56 Å². The molecule has 0 saturated heterocycles. The highest BCUT2D eigenvalue weighted by Gasteiger charge is 2.12. The van der Waals surface area contributed by atoms with Crippen LogP contribution >= 0.6 is 15.9 Å². The molecule has 0 aromatic heterocycles. The minimum atomic E-state index is 0.227. The Hall–Kier alpha value is -0.540. The first-order valence-electron chi connectivity index (χ1n) is 5.66. The second-order valence-corrected chi connectivity index (χ2v) is 5.08. The fourth-order valence-electron chi connectivity index (χ4n) is 1.61. The molecule has 0 saturated carbocycles. The Morgan fingerprint density at radius 3 is 2.62 bits per heavy atom. The van der Waals surface area contributed by atoms with Crippen LogP contribution in [0.1, 0.15) is 25.8 Å². The zero-order valence-corrected chi connectivity index (χ0v) is 11.8. The first kappa shape index (κ1) is 13.5. The van der Waals surface area contributed by atoms with Crippen molar-refractivity contribution in [3.63, 3.8) is 0 Å². The van der Waals surface area contributed by atoms with Crippen molar-refractivity contribution < 1.29 is 4.74 Å². The van der Waals surface area contributed by atoms with E-state index >= 15 is 0 Å². The zero-order chi connectivity index (χ0) is 12.1. The smallest absolute Gasteiger partial charge is 0.133 e. The molecular weight excluding hydrogens is 266 g/mol. The molecule has 0 aliphatic carbocycles. The summed E-state index contributed by atoms with van der Waals surface area (Å²) in [6.45, 7) is 4.37. The van der Waals surface area contributed by atoms with E-state index in [1.54, 1.807) is 7.11 Å². The normalized spacial score (nSPS) is 14.6. The van der Waals surface area contributed by atoms with Crippen molar-refractivity contribution in [2.24, 2.45) is 11.7 Å². The Balaban J connectivity index is 2.71. The lowest BCUT2D eigenvalue weighted by atomic mass is 9.94. The van der Waals surface area contributed by atoms with Gasteiger partial charge in [-0.1, -0.05) is 26.3 Å². The van der Waals surface area contributed by atoms with Crippen LogP contribution in [0, 0.1) is 5.92 Å². The Morgan fingerprint density at radius 1 is 1.44 bits per heavy atom. The Bertz CT molecular complexity index is 341. The number of hydrogen-bond acceptors (Lipinski definition) is 2. The van der Waals surface area contributed by atoms with Crippen LogP contribution in [0.3, 0.4) is 0 Å². The highest BCUT2D eigenvalue weighted by Crippen LogP contribution is 2.26. The number of halogens is 1. The first-order chi connectivity index (χ1) is 7.58. The van der Waals surface area contributed by atoms with Gasteiger partial charge in [0, 0.05) is 6.04 Å². The maximum absolute atomic E-state index is 6.13. The number of hydrogen-bond donors (Lipinski definition) is 1. The van der Waals surface area contributed by atoms with E-state index in [0.717, 1.165) is 23.1 Å². The molecule has 0 radical (unpaired) electrons. The summed E-state index contributed by atoms with van der Waals surface area (Å²) in [5.74, 6) is 1.42. The Kier molecular flexibility index (Phi) is 5.29. The quantitative estimate of drug-likeness (QED) is 0.900. The Labute approximate surface area is 106 Å². The minimum absolute atomic E-state index is 0.227. The summed E-state index contributed by atoms with van der Waals surface area (Å²) < 4.78 is 6.19. The molecule has 0 aliphatic rings. The summed E-state index contributed by atoms with van der Waals surface area (Å²) in [5.41, 5.74) is 7.38. The second kappa shape index (κ2) is 6.26. The topological polar surface area (TPSA) is 35.2 Å². The summed E-state index contributed by atoms with van der Waals surface area (Å²) in [7, 11) is 1.67. The van der Waals surface area contributed by atoms with Gasteiger partial charge in [-0.15, -0.1) is 0 Å². The van der Waals surface area contributed by atoms with Crippen LogP contribution in [0.4, 0.5) is 0 Å². The second-order valence-electron chi connectivity index (χ2n) is 4.22. The molecule has 16 heavy (non-hydrogen) atoms. The number of nitrogens with two attached hydrogens (primary N) is 1. The van der Waals surface area contributed by atoms with Gasteiger partial charge >= 0.3 is 0 Å². The van der Waals surface area contributed by atoms with Gasteiger partial charge in [-0.3, -0.25) is 0 Å². The first-order valence-corrected chi connectivity index (χ1v) is 6.45.